The van der Waals surface area contributed by atoms with Crippen molar-refractivity contribution in [1.82, 2.24) is 0 Å². The summed E-state index contributed by atoms with van der Waals surface area (Å²) in [6.45, 7) is 9.34. The van der Waals surface area contributed by atoms with Gasteiger partial charge in [0.15, 0.2) is 12.3 Å². The van der Waals surface area contributed by atoms with Crippen LogP contribution in [0.5, 0.6) is 11.5 Å². The molecule has 292 valence electrons. The molecule has 7 rings (SSSR count). The lowest BCUT2D eigenvalue weighted by molar-refractivity contribution is -0.659. The number of fused-ring (bicyclic) bond motifs is 2. The number of thioether (sulfide) groups is 1. The Labute approximate surface area is 346 Å². The molecule has 5 aromatic rings. The van der Waals surface area contributed by atoms with Gasteiger partial charge in [0, 0.05) is 59.0 Å². The monoisotopic (exact) mass is 794 g/mol. The van der Waals surface area contributed by atoms with Crippen molar-refractivity contribution in [3.8, 4) is 23.8 Å². The van der Waals surface area contributed by atoms with Gasteiger partial charge in [0.2, 0.25) is 5.52 Å². The van der Waals surface area contributed by atoms with Crippen LogP contribution in [0, 0.1) is 12.3 Å². The van der Waals surface area contributed by atoms with Gasteiger partial charge in [-0.05, 0) is 61.6 Å². The van der Waals surface area contributed by atoms with E-state index in [4.69, 9.17) is 15.9 Å². The summed E-state index contributed by atoms with van der Waals surface area (Å²) in [7, 11) is 1.70. The third kappa shape index (κ3) is 8.86. The lowest BCUT2D eigenvalue weighted by atomic mass is 9.89. The highest BCUT2D eigenvalue weighted by molar-refractivity contribution is 8.03. The predicted molar refractivity (Wildman–Crippen MR) is 239 cm³/mol. The third-order valence-electron chi connectivity index (χ3n) is 10.5. The van der Waals surface area contributed by atoms with E-state index >= 15 is 0 Å². The number of ketones is 1. The van der Waals surface area contributed by atoms with Crippen molar-refractivity contribution in [3.05, 3.63) is 141 Å². The highest BCUT2D eigenvalue weighted by atomic mass is 32.2. The summed E-state index contributed by atoms with van der Waals surface area (Å²) >= 11 is 3.24. The Hall–Kier alpha value is -5.23. The lowest BCUT2D eigenvalue weighted by Gasteiger charge is -2.28. The molecule has 0 unspecified atom stereocenters. The SMILES string of the molecule is C#CCSC1=C(/C=C2/N(CC)c3cc(OCc4ccccc4)ccc3N2CCC)C(=O)/C1=C/c1sc2cc(OC)ccc2[n+]1Cc1ccc(CCCCCC)cc1. The van der Waals surface area contributed by atoms with E-state index in [2.05, 4.69) is 114 Å². The number of benzene rings is 4. The number of unbranched alkanes of at least 4 members (excludes halogenated alkanes) is 3. The van der Waals surface area contributed by atoms with E-state index in [0.29, 0.717) is 30.1 Å². The minimum Gasteiger partial charge on any atom is -0.497 e. The Bertz CT molecular complexity index is 2350. The predicted octanol–water partition coefficient (Wildman–Crippen LogP) is 11.1. The van der Waals surface area contributed by atoms with Gasteiger partial charge in [-0.1, -0.05) is 105 Å². The Morgan fingerprint density at radius 2 is 1.61 bits per heavy atom. The fourth-order valence-corrected chi connectivity index (χ4v) is 9.54. The molecular formula is C49H52N3O3S2+. The first-order chi connectivity index (χ1) is 28.0. The molecule has 57 heavy (non-hydrogen) atoms. The van der Waals surface area contributed by atoms with Crippen molar-refractivity contribution >= 4 is 56.5 Å². The number of terminal acetylenes is 1. The smallest absolute Gasteiger partial charge is 0.263 e. The van der Waals surface area contributed by atoms with Crippen molar-refractivity contribution in [3.63, 3.8) is 0 Å². The Morgan fingerprint density at radius 3 is 2.35 bits per heavy atom. The number of carbonyl (C=O) groups is 1. The second-order valence-electron chi connectivity index (χ2n) is 14.4. The highest BCUT2D eigenvalue weighted by Crippen LogP contribution is 2.47. The average molecular weight is 795 g/mol. The number of nitrogens with zero attached hydrogens (tertiary/aromatic N) is 3. The number of anilines is 2. The lowest BCUT2D eigenvalue weighted by Crippen LogP contribution is -2.36. The highest BCUT2D eigenvalue weighted by Gasteiger charge is 2.38. The molecule has 0 N–H and O–H groups in total. The van der Waals surface area contributed by atoms with Gasteiger partial charge in [0.1, 0.15) is 28.6 Å². The molecule has 0 saturated heterocycles. The first-order valence-electron chi connectivity index (χ1n) is 20.2. The number of hydrogen-bond acceptors (Lipinski definition) is 7. The van der Waals surface area contributed by atoms with E-state index < -0.39 is 0 Å². The topological polar surface area (TPSA) is 45.9 Å². The number of ether oxygens (including phenoxy) is 2. The van der Waals surface area contributed by atoms with Crippen LogP contribution >= 0.6 is 23.1 Å². The van der Waals surface area contributed by atoms with Crippen LogP contribution in [0.2, 0.25) is 0 Å². The quantitative estimate of drug-likeness (QED) is 0.0381. The van der Waals surface area contributed by atoms with Gasteiger partial charge in [0.05, 0.1) is 24.2 Å². The number of rotatable bonds is 18. The maximum absolute atomic E-state index is 14.4. The molecule has 0 saturated carbocycles. The average Bonchev–Trinajstić information content (AvgIpc) is 3.74. The van der Waals surface area contributed by atoms with Crippen molar-refractivity contribution in [2.45, 2.75) is 72.4 Å². The zero-order valence-electron chi connectivity index (χ0n) is 33.6. The number of aryl methyl sites for hydroxylation is 1. The van der Waals surface area contributed by atoms with Gasteiger partial charge >= 0.3 is 0 Å². The molecule has 1 aromatic heterocycles. The second-order valence-corrected chi connectivity index (χ2v) is 16.5. The first-order valence-corrected chi connectivity index (χ1v) is 22.0. The first kappa shape index (κ1) is 40.0. The Morgan fingerprint density at radius 1 is 0.825 bits per heavy atom. The second kappa shape index (κ2) is 18.8. The molecule has 6 nitrogen and oxygen atoms in total. The summed E-state index contributed by atoms with van der Waals surface area (Å²) in [4.78, 5) is 19.9. The van der Waals surface area contributed by atoms with Gasteiger partial charge in [-0.15, -0.1) is 18.2 Å². The number of allylic oxidation sites excluding steroid dienone is 3. The van der Waals surface area contributed by atoms with E-state index in [1.165, 1.54) is 36.8 Å². The van der Waals surface area contributed by atoms with Gasteiger partial charge in [-0.25, -0.2) is 0 Å². The molecule has 0 radical (unpaired) electrons. The van der Waals surface area contributed by atoms with Crippen molar-refractivity contribution in [1.29, 1.82) is 0 Å². The molecule has 0 atom stereocenters. The number of carbonyl (C=O) groups excluding carboxylic acids is 1. The molecule has 0 fully saturated rings. The van der Waals surface area contributed by atoms with Crippen LogP contribution in [0.3, 0.4) is 0 Å². The molecule has 0 amide bonds. The number of aromatic nitrogens is 1. The van der Waals surface area contributed by atoms with Crippen LogP contribution < -0.4 is 23.8 Å². The summed E-state index contributed by atoms with van der Waals surface area (Å²) in [6.07, 6.45) is 17.1. The third-order valence-corrected chi connectivity index (χ3v) is 12.7. The molecule has 2 aliphatic rings. The van der Waals surface area contributed by atoms with E-state index in [9.17, 15) is 4.79 Å². The van der Waals surface area contributed by atoms with Crippen molar-refractivity contribution in [2.24, 2.45) is 0 Å². The van der Waals surface area contributed by atoms with Gasteiger partial charge in [-0.3, -0.25) is 4.79 Å². The standard InChI is InChI=1S/C49H52N3O3S2/c1-6-10-11-13-16-35-19-21-36(22-20-35)33-52-43-26-23-38(54-5)30-45(43)57-47(52)32-41-48(53)40(49(41)56-28-8-3)31-46-50(9-4)44-29-39(24-25-42(44)51(46)27-7-2)55-34-37-17-14-12-15-18-37/h3,12,14-15,17-26,29-32H,6-7,9-11,13,16,27-28,33-34H2,1-2,4-5H3/q+1. The number of methoxy groups -OCH3 is 1. The van der Waals surface area contributed by atoms with Gasteiger partial charge in [-0.2, -0.15) is 4.57 Å². The maximum Gasteiger partial charge on any atom is 0.263 e. The van der Waals surface area contributed by atoms with E-state index in [1.54, 1.807) is 30.2 Å². The normalized spacial score (nSPS) is 15.1. The molecule has 0 spiro atoms. The summed E-state index contributed by atoms with van der Waals surface area (Å²) in [5.41, 5.74) is 8.43. The van der Waals surface area contributed by atoms with Crippen LogP contribution in [0.1, 0.15) is 74.6 Å². The summed E-state index contributed by atoms with van der Waals surface area (Å²) in [6, 6.07) is 31.8. The molecule has 8 heteroatoms. The van der Waals surface area contributed by atoms with Crippen LogP contribution in [-0.2, 0) is 24.4 Å². The van der Waals surface area contributed by atoms with E-state index in [-0.39, 0.29) is 5.78 Å². The number of hydrogen-bond donors (Lipinski definition) is 0. The molecule has 1 aliphatic heterocycles. The summed E-state index contributed by atoms with van der Waals surface area (Å²) in [5, 5.41) is 1.01. The summed E-state index contributed by atoms with van der Waals surface area (Å²) in [5.74, 6) is 5.92. The molecular weight excluding hydrogens is 743 g/mol. The maximum atomic E-state index is 14.4. The van der Waals surface area contributed by atoms with E-state index in [1.807, 2.05) is 30.3 Å². The molecule has 2 heterocycles. The van der Waals surface area contributed by atoms with Crippen molar-refractivity contribution in [2.75, 3.05) is 35.8 Å². The van der Waals surface area contributed by atoms with Crippen LogP contribution in [0.25, 0.3) is 16.3 Å². The number of Topliss-reactive ketones (excluding diaryl/α,β-unsaturated/α-hetero) is 1. The van der Waals surface area contributed by atoms with Crippen LogP contribution in [0.15, 0.2) is 119 Å². The van der Waals surface area contributed by atoms with Crippen LogP contribution in [-0.4, -0.2) is 31.7 Å². The van der Waals surface area contributed by atoms with Crippen LogP contribution in [0.4, 0.5) is 11.4 Å². The molecule has 1 aliphatic carbocycles. The fraction of sp³-hybridized carbons (Fsp3) is 0.306. The largest absolute Gasteiger partial charge is 0.497 e. The fourth-order valence-electron chi connectivity index (χ4n) is 7.57. The van der Waals surface area contributed by atoms with Gasteiger partial charge in [0.25, 0.3) is 5.01 Å². The Kier molecular flexibility index (Phi) is 13.2. The summed E-state index contributed by atoms with van der Waals surface area (Å²) < 4.78 is 15.3. The van der Waals surface area contributed by atoms with Crippen molar-refractivity contribution < 1.29 is 18.8 Å². The zero-order chi connectivity index (χ0) is 39.7. The van der Waals surface area contributed by atoms with Gasteiger partial charge < -0.3 is 19.3 Å². The number of thiazole rings is 1. The zero-order valence-corrected chi connectivity index (χ0v) is 35.2. The molecule has 0 bridgehead atoms. The molecule has 4 aromatic carbocycles. The van der Waals surface area contributed by atoms with E-state index in [0.717, 1.165) is 80.3 Å². The Balaban J connectivity index is 1.22. The minimum atomic E-state index is 0.0337. The minimum absolute atomic E-state index is 0.0337.